The number of carbonyl (C=O) groups is 3. The second-order valence-electron chi connectivity index (χ2n) is 4.71. The monoisotopic (exact) mass is 288 g/mol. The first-order valence-electron chi connectivity index (χ1n) is 6.79. The Morgan fingerprint density at radius 3 is 1.95 bits per heavy atom. The van der Waals surface area contributed by atoms with Gasteiger partial charge in [-0.3, -0.25) is 14.4 Å². The molecule has 0 aliphatic heterocycles. The lowest BCUT2D eigenvalue weighted by Crippen LogP contribution is -2.21. The zero-order valence-electron chi connectivity index (χ0n) is 12.6. The van der Waals surface area contributed by atoms with Gasteiger partial charge in [-0.2, -0.15) is 0 Å². The SMILES string of the molecule is CC(=O)OCCC[C@@H](CC[C@H](C)OC(C)=O)OC(C)=O. The molecule has 0 unspecified atom stereocenters. The van der Waals surface area contributed by atoms with Gasteiger partial charge in [0, 0.05) is 20.8 Å². The first kappa shape index (κ1) is 18.4. The topological polar surface area (TPSA) is 78.9 Å². The number of ether oxygens (including phenoxy) is 3. The van der Waals surface area contributed by atoms with Crippen molar-refractivity contribution < 1.29 is 28.6 Å². The molecule has 0 aromatic carbocycles. The molecule has 0 aromatic heterocycles. The molecule has 0 fully saturated rings. The molecule has 0 aromatic rings. The number of esters is 3. The van der Waals surface area contributed by atoms with Gasteiger partial charge < -0.3 is 14.2 Å². The summed E-state index contributed by atoms with van der Waals surface area (Å²) in [6.07, 6.45) is 2.00. The van der Waals surface area contributed by atoms with E-state index in [0.29, 0.717) is 32.3 Å². The van der Waals surface area contributed by atoms with E-state index in [1.54, 1.807) is 6.92 Å². The van der Waals surface area contributed by atoms with Crippen molar-refractivity contribution >= 4 is 17.9 Å². The predicted octanol–water partition coefficient (Wildman–Crippen LogP) is 1.99. The second kappa shape index (κ2) is 10.2. The molecule has 0 rings (SSSR count). The van der Waals surface area contributed by atoms with E-state index in [4.69, 9.17) is 14.2 Å². The van der Waals surface area contributed by atoms with Gasteiger partial charge in [0.2, 0.25) is 0 Å². The maximum atomic E-state index is 11.0. The Bertz CT molecular complexity index is 326. The van der Waals surface area contributed by atoms with Crippen molar-refractivity contribution in [3.63, 3.8) is 0 Å². The fraction of sp³-hybridized carbons (Fsp3) is 0.786. The average Bonchev–Trinajstić information content (AvgIpc) is 2.29. The van der Waals surface area contributed by atoms with Gasteiger partial charge in [0.05, 0.1) is 12.7 Å². The van der Waals surface area contributed by atoms with E-state index in [-0.39, 0.29) is 30.1 Å². The smallest absolute Gasteiger partial charge is 0.302 e. The van der Waals surface area contributed by atoms with Gasteiger partial charge >= 0.3 is 17.9 Å². The van der Waals surface area contributed by atoms with Crippen LogP contribution in [-0.2, 0) is 28.6 Å². The molecule has 6 nitrogen and oxygen atoms in total. The normalized spacial score (nSPS) is 13.2. The van der Waals surface area contributed by atoms with Crippen molar-refractivity contribution in [3.8, 4) is 0 Å². The molecule has 0 saturated heterocycles. The molecule has 0 aliphatic carbocycles. The summed E-state index contributed by atoms with van der Waals surface area (Å²) in [5, 5.41) is 0. The second-order valence-corrected chi connectivity index (χ2v) is 4.71. The summed E-state index contributed by atoms with van der Waals surface area (Å²) >= 11 is 0. The largest absolute Gasteiger partial charge is 0.466 e. The Morgan fingerprint density at radius 1 is 0.850 bits per heavy atom. The Labute approximate surface area is 119 Å². The van der Waals surface area contributed by atoms with Crippen LogP contribution >= 0.6 is 0 Å². The van der Waals surface area contributed by atoms with Crippen molar-refractivity contribution in [2.45, 2.75) is 65.6 Å². The molecule has 0 bridgehead atoms. The minimum absolute atomic E-state index is 0.209. The first-order chi connectivity index (χ1) is 9.31. The summed E-state index contributed by atoms with van der Waals surface area (Å²) in [4.78, 5) is 32.4. The van der Waals surface area contributed by atoms with Crippen molar-refractivity contribution in [1.82, 2.24) is 0 Å². The third-order valence-electron chi connectivity index (χ3n) is 2.57. The zero-order valence-corrected chi connectivity index (χ0v) is 12.6. The lowest BCUT2D eigenvalue weighted by molar-refractivity contribution is -0.150. The molecule has 20 heavy (non-hydrogen) atoms. The van der Waals surface area contributed by atoms with Crippen LogP contribution in [0.3, 0.4) is 0 Å². The summed E-state index contributed by atoms with van der Waals surface area (Å²) in [6.45, 7) is 6.18. The van der Waals surface area contributed by atoms with Crippen LogP contribution in [0.2, 0.25) is 0 Å². The van der Waals surface area contributed by atoms with E-state index < -0.39 is 0 Å². The van der Waals surface area contributed by atoms with E-state index in [1.807, 2.05) is 0 Å². The minimum atomic E-state index is -0.345. The molecular weight excluding hydrogens is 264 g/mol. The van der Waals surface area contributed by atoms with Gasteiger partial charge in [0.15, 0.2) is 0 Å². The zero-order chi connectivity index (χ0) is 15.5. The first-order valence-corrected chi connectivity index (χ1v) is 6.79. The Kier molecular flexibility index (Phi) is 9.41. The number of hydrogen-bond acceptors (Lipinski definition) is 6. The Balaban J connectivity index is 4.04. The van der Waals surface area contributed by atoms with Gasteiger partial charge in [-0.15, -0.1) is 0 Å². The van der Waals surface area contributed by atoms with E-state index >= 15 is 0 Å². The molecule has 0 aliphatic rings. The fourth-order valence-corrected chi connectivity index (χ4v) is 1.79. The molecule has 0 heterocycles. The van der Waals surface area contributed by atoms with Crippen LogP contribution in [0.5, 0.6) is 0 Å². The highest BCUT2D eigenvalue weighted by atomic mass is 16.5. The Hall–Kier alpha value is -1.59. The van der Waals surface area contributed by atoms with Crippen molar-refractivity contribution in [2.24, 2.45) is 0 Å². The van der Waals surface area contributed by atoms with Crippen molar-refractivity contribution in [2.75, 3.05) is 6.61 Å². The fourth-order valence-electron chi connectivity index (χ4n) is 1.79. The molecular formula is C14H24O6. The van der Waals surface area contributed by atoms with E-state index in [2.05, 4.69) is 0 Å². The van der Waals surface area contributed by atoms with Crippen LogP contribution in [0.4, 0.5) is 0 Å². The van der Waals surface area contributed by atoms with Crippen LogP contribution in [-0.4, -0.2) is 36.7 Å². The van der Waals surface area contributed by atoms with Gasteiger partial charge in [0.1, 0.15) is 6.10 Å². The van der Waals surface area contributed by atoms with Gasteiger partial charge in [-0.25, -0.2) is 0 Å². The van der Waals surface area contributed by atoms with Gasteiger partial charge in [0.25, 0.3) is 0 Å². The highest BCUT2D eigenvalue weighted by Gasteiger charge is 2.15. The summed E-state index contributed by atoms with van der Waals surface area (Å²) in [5.74, 6) is -0.989. The van der Waals surface area contributed by atoms with Gasteiger partial charge in [-0.1, -0.05) is 0 Å². The quantitative estimate of drug-likeness (QED) is 0.367. The molecule has 2 atom stereocenters. The highest BCUT2D eigenvalue weighted by Crippen LogP contribution is 2.13. The van der Waals surface area contributed by atoms with Crippen molar-refractivity contribution in [1.29, 1.82) is 0 Å². The van der Waals surface area contributed by atoms with Crippen LogP contribution < -0.4 is 0 Å². The van der Waals surface area contributed by atoms with Crippen LogP contribution in [0, 0.1) is 0 Å². The maximum Gasteiger partial charge on any atom is 0.302 e. The van der Waals surface area contributed by atoms with E-state index in [9.17, 15) is 14.4 Å². The third-order valence-corrected chi connectivity index (χ3v) is 2.57. The average molecular weight is 288 g/mol. The number of carbonyl (C=O) groups excluding carboxylic acids is 3. The summed E-state index contributed by atoms with van der Waals surface area (Å²) in [5.41, 5.74) is 0. The highest BCUT2D eigenvalue weighted by molar-refractivity contribution is 5.66. The molecule has 0 N–H and O–H groups in total. The minimum Gasteiger partial charge on any atom is -0.466 e. The number of rotatable bonds is 9. The summed E-state index contributed by atoms with van der Waals surface area (Å²) in [6, 6.07) is 0. The van der Waals surface area contributed by atoms with Crippen LogP contribution in [0.25, 0.3) is 0 Å². The number of hydrogen-bond donors (Lipinski definition) is 0. The van der Waals surface area contributed by atoms with E-state index in [0.717, 1.165) is 0 Å². The maximum absolute atomic E-state index is 11.0. The lowest BCUT2D eigenvalue weighted by Gasteiger charge is -2.19. The molecule has 0 amide bonds. The molecule has 6 heteroatoms. The Morgan fingerprint density at radius 2 is 1.45 bits per heavy atom. The molecule has 116 valence electrons. The van der Waals surface area contributed by atoms with Crippen LogP contribution in [0.15, 0.2) is 0 Å². The predicted molar refractivity (Wildman–Crippen MR) is 71.9 cm³/mol. The van der Waals surface area contributed by atoms with Crippen LogP contribution in [0.1, 0.15) is 53.4 Å². The third kappa shape index (κ3) is 11.5. The standard InChI is InChI=1S/C14H24O6/c1-10(19-12(3)16)7-8-14(20-13(4)17)6-5-9-18-11(2)15/h10,14H,5-9H2,1-4H3/t10-,14-/m0/s1. The molecule has 0 saturated carbocycles. The molecule has 0 radical (unpaired) electrons. The molecule has 0 spiro atoms. The lowest BCUT2D eigenvalue weighted by atomic mass is 10.1. The van der Waals surface area contributed by atoms with Gasteiger partial charge in [-0.05, 0) is 32.6 Å². The van der Waals surface area contributed by atoms with Crippen molar-refractivity contribution in [3.05, 3.63) is 0 Å². The van der Waals surface area contributed by atoms with E-state index in [1.165, 1.54) is 20.8 Å². The summed E-state index contributed by atoms with van der Waals surface area (Å²) in [7, 11) is 0. The summed E-state index contributed by atoms with van der Waals surface area (Å²) < 4.78 is 15.0.